The van der Waals surface area contributed by atoms with Crippen molar-refractivity contribution in [1.82, 2.24) is 5.32 Å². The second kappa shape index (κ2) is 15.6. The maximum Gasteiger partial charge on any atom is 0.219 e. The summed E-state index contributed by atoms with van der Waals surface area (Å²) in [7, 11) is 4.15. The molecule has 0 aliphatic rings. The van der Waals surface area contributed by atoms with Gasteiger partial charge in [0.1, 0.15) is 0 Å². The lowest BCUT2D eigenvalue weighted by Crippen LogP contribution is -2.43. The molecule has 1 amide bonds. The zero-order valence-corrected chi connectivity index (χ0v) is 16.9. The summed E-state index contributed by atoms with van der Waals surface area (Å²) in [5, 5.41) is 20.9. The number of unbranched alkanes of at least 4 members (excludes halogenated alkanes) is 8. The lowest BCUT2D eigenvalue weighted by Gasteiger charge is -2.30. The Morgan fingerprint density at radius 2 is 1.44 bits per heavy atom. The Bertz CT molecular complexity index is 320. The van der Waals surface area contributed by atoms with E-state index in [0.717, 1.165) is 36.8 Å². The number of nitrogens with zero attached hydrogens (tertiary/aromatic N) is 1. The van der Waals surface area contributed by atoms with Gasteiger partial charge in [0.25, 0.3) is 0 Å². The topological polar surface area (TPSA) is 69.6 Å². The Morgan fingerprint density at radius 1 is 0.880 bits per heavy atom. The number of carbonyl (C=O) groups excluding carboxylic acids is 1. The SMILES string of the molecule is CCCCCCCCCCCC(=O)NCCC[N+](C)(C)CCC(O)O. The number of nitrogens with one attached hydrogen (secondary N) is 1. The molecule has 0 aliphatic heterocycles. The summed E-state index contributed by atoms with van der Waals surface area (Å²) in [6.07, 6.45) is 12.2. The molecule has 0 fully saturated rings. The molecule has 0 aromatic heterocycles. The number of hydrogen-bond acceptors (Lipinski definition) is 3. The van der Waals surface area contributed by atoms with Crippen molar-refractivity contribution in [2.45, 2.75) is 90.3 Å². The molecular formula is C20H43N2O3+. The highest BCUT2D eigenvalue weighted by Crippen LogP contribution is 2.10. The van der Waals surface area contributed by atoms with E-state index in [4.69, 9.17) is 10.2 Å². The molecule has 0 saturated heterocycles. The van der Waals surface area contributed by atoms with Crippen LogP contribution in [-0.4, -0.2) is 60.6 Å². The van der Waals surface area contributed by atoms with E-state index in [0.29, 0.717) is 19.4 Å². The zero-order chi connectivity index (χ0) is 19.0. The Morgan fingerprint density at radius 3 is 2.00 bits per heavy atom. The van der Waals surface area contributed by atoms with Crippen molar-refractivity contribution in [3.8, 4) is 0 Å². The van der Waals surface area contributed by atoms with Crippen LogP contribution in [-0.2, 0) is 4.79 Å². The van der Waals surface area contributed by atoms with Crippen molar-refractivity contribution in [2.24, 2.45) is 0 Å². The summed E-state index contributed by atoms with van der Waals surface area (Å²) >= 11 is 0. The van der Waals surface area contributed by atoms with Gasteiger partial charge in [0.2, 0.25) is 5.91 Å². The first-order valence-electron chi connectivity index (χ1n) is 10.3. The average Bonchev–Trinajstić information content (AvgIpc) is 2.55. The minimum Gasteiger partial charge on any atom is -0.368 e. The second-order valence-corrected chi connectivity index (χ2v) is 7.93. The highest BCUT2D eigenvalue weighted by Gasteiger charge is 2.16. The summed E-state index contributed by atoms with van der Waals surface area (Å²) in [6, 6.07) is 0. The maximum absolute atomic E-state index is 11.8. The van der Waals surface area contributed by atoms with Gasteiger partial charge in [-0.3, -0.25) is 4.79 Å². The molecule has 0 radical (unpaired) electrons. The Hall–Kier alpha value is -0.650. The predicted octanol–water partition coefficient (Wildman–Crippen LogP) is 3.19. The van der Waals surface area contributed by atoms with Crippen LogP contribution in [0.4, 0.5) is 0 Å². The molecule has 0 spiro atoms. The zero-order valence-electron chi connectivity index (χ0n) is 16.9. The van der Waals surface area contributed by atoms with Crippen LogP contribution in [0.2, 0.25) is 0 Å². The smallest absolute Gasteiger partial charge is 0.219 e. The van der Waals surface area contributed by atoms with Crippen molar-refractivity contribution >= 4 is 5.91 Å². The Kier molecular flexibility index (Phi) is 15.2. The molecule has 0 aromatic carbocycles. The monoisotopic (exact) mass is 359 g/mol. The summed E-state index contributed by atoms with van der Waals surface area (Å²) in [5.74, 6) is 0.166. The van der Waals surface area contributed by atoms with Gasteiger partial charge < -0.3 is 20.0 Å². The fraction of sp³-hybridized carbons (Fsp3) is 0.950. The molecule has 5 nitrogen and oxygen atoms in total. The first kappa shape index (κ1) is 24.4. The van der Waals surface area contributed by atoms with Crippen molar-refractivity contribution in [3.63, 3.8) is 0 Å². The summed E-state index contributed by atoms with van der Waals surface area (Å²) in [5.41, 5.74) is 0. The third-order valence-electron chi connectivity index (χ3n) is 4.76. The van der Waals surface area contributed by atoms with Gasteiger partial charge in [-0.15, -0.1) is 0 Å². The van der Waals surface area contributed by atoms with Crippen LogP contribution in [0.3, 0.4) is 0 Å². The van der Waals surface area contributed by atoms with E-state index in [9.17, 15) is 4.79 Å². The highest BCUT2D eigenvalue weighted by atomic mass is 16.5. The average molecular weight is 360 g/mol. The lowest BCUT2D eigenvalue weighted by atomic mass is 10.1. The van der Waals surface area contributed by atoms with Gasteiger partial charge in [-0.1, -0.05) is 58.3 Å². The number of hydrogen-bond donors (Lipinski definition) is 3. The number of rotatable bonds is 17. The van der Waals surface area contributed by atoms with Crippen molar-refractivity contribution < 1.29 is 19.5 Å². The molecule has 0 rings (SSSR count). The molecule has 25 heavy (non-hydrogen) atoms. The van der Waals surface area contributed by atoms with Crippen molar-refractivity contribution in [1.29, 1.82) is 0 Å². The summed E-state index contributed by atoms with van der Waals surface area (Å²) in [6.45, 7) is 4.60. The molecule has 0 aromatic rings. The van der Waals surface area contributed by atoms with Crippen LogP contribution in [0.25, 0.3) is 0 Å². The van der Waals surface area contributed by atoms with Crippen LogP contribution < -0.4 is 5.32 Å². The Labute approximate surface area is 155 Å². The van der Waals surface area contributed by atoms with Gasteiger partial charge in [-0.25, -0.2) is 0 Å². The van der Waals surface area contributed by atoms with E-state index in [1.807, 2.05) is 0 Å². The van der Waals surface area contributed by atoms with Gasteiger partial charge in [0.15, 0.2) is 6.29 Å². The normalized spacial score (nSPS) is 11.9. The minimum atomic E-state index is -1.23. The van der Waals surface area contributed by atoms with E-state index < -0.39 is 6.29 Å². The van der Waals surface area contributed by atoms with Crippen LogP contribution >= 0.6 is 0 Å². The van der Waals surface area contributed by atoms with Crippen LogP contribution in [0.1, 0.15) is 84.0 Å². The lowest BCUT2D eigenvalue weighted by molar-refractivity contribution is -0.891. The fourth-order valence-corrected chi connectivity index (χ4v) is 3.00. The number of amides is 1. The van der Waals surface area contributed by atoms with E-state index in [1.165, 1.54) is 44.9 Å². The number of aliphatic hydroxyl groups is 2. The standard InChI is InChI=1S/C20H42N2O3/c1-4-5-6-7-8-9-10-11-12-14-19(23)21-16-13-17-22(2,3)18-15-20(24)25/h20,24-25H,4-18H2,1-3H3/p+1. The summed E-state index contributed by atoms with van der Waals surface area (Å²) < 4.78 is 0.742. The predicted molar refractivity (Wildman–Crippen MR) is 104 cm³/mol. The molecule has 0 heterocycles. The third-order valence-corrected chi connectivity index (χ3v) is 4.76. The molecule has 0 saturated carbocycles. The van der Waals surface area contributed by atoms with Gasteiger partial charge in [0.05, 0.1) is 27.2 Å². The molecule has 0 aliphatic carbocycles. The number of carbonyl (C=O) groups is 1. The van der Waals surface area contributed by atoms with Crippen molar-refractivity contribution in [3.05, 3.63) is 0 Å². The molecule has 0 atom stereocenters. The number of aliphatic hydroxyl groups excluding tert-OH is 1. The quantitative estimate of drug-likeness (QED) is 0.212. The van der Waals surface area contributed by atoms with Gasteiger partial charge in [-0.05, 0) is 6.42 Å². The second-order valence-electron chi connectivity index (χ2n) is 7.93. The van der Waals surface area contributed by atoms with Crippen LogP contribution in [0.15, 0.2) is 0 Å². The van der Waals surface area contributed by atoms with Crippen LogP contribution in [0, 0.1) is 0 Å². The Balaban J connectivity index is 3.44. The molecule has 0 bridgehead atoms. The molecule has 0 unspecified atom stereocenters. The van der Waals surface area contributed by atoms with Gasteiger partial charge in [0, 0.05) is 25.8 Å². The molecule has 5 heteroatoms. The molecular weight excluding hydrogens is 316 g/mol. The first-order valence-corrected chi connectivity index (χ1v) is 10.3. The molecule has 3 N–H and O–H groups in total. The first-order chi connectivity index (χ1) is 11.9. The van der Waals surface area contributed by atoms with E-state index in [2.05, 4.69) is 26.3 Å². The summed E-state index contributed by atoms with van der Waals surface area (Å²) in [4.78, 5) is 11.8. The largest absolute Gasteiger partial charge is 0.368 e. The van der Waals surface area contributed by atoms with Gasteiger partial charge >= 0.3 is 0 Å². The highest BCUT2D eigenvalue weighted by molar-refractivity contribution is 5.75. The molecule has 150 valence electrons. The van der Waals surface area contributed by atoms with Crippen LogP contribution in [0.5, 0.6) is 0 Å². The van der Waals surface area contributed by atoms with E-state index in [-0.39, 0.29) is 5.91 Å². The third kappa shape index (κ3) is 18.0. The minimum absolute atomic E-state index is 0.166. The fourth-order valence-electron chi connectivity index (χ4n) is 3.00. The number of quaternary nitrogens is 1. The van der Waals surface area contributed by atoms with E-state index >= 15 is 0 Å². The maximum atomic E-state index is 11.8. The van der Waals surface area contributed by atoms with Crippen molar-refractivity contribution in [2.75, 3.05) is 33.7 Å². The van der Waals surface area contributed by atoms with Gasteiger partial charge in [-0.2, -0.15) is 0 Å². The van der Waals surface area contributed by atoms with E-state index in [1.54, 1.807) is 0 Å².